The summed E-state index contributed by atoms with van der Waals surface area (Å²) in [4.78, 5) is 13.8. The number of nitrogens with zero attached hydrogens (tertiary/aromatic N) is 1. The number of fused-ring (bicyclic) bond motifs is 1. The van der Waals surface area contributed by atoms with Crippen LogP contribution < -0.4 is 5.48 Å². The molecule has 0 spiro atoms. The number of nitrogens with one attached hydrogen (secondary N) is 1. The minimum Gasteiger partial charge on any atom is -0.450 e. The van der Waals surface area contributed by atoms with Crippen molar-refractivity contribution < 1.29 is 14.7 Å². The Morgan fingerprint density at radius 2 is 2.14 bits per heavy atom. The molecule has 1 aliphatic heterocycles. The Labute approximate surface area is 172 Å². The molecule has 1 fully saturated rings. The van der Waals surface area contributed by atoms with Gasteiger partial charge in [-0.25, -0.2) is 4.79 Å². The van der Waals surface area contributed by atoms with Crippen molar-refractivity contribution in [3.8, 4) is 0 Å². The lowest BCUT2D eigenvalue weighted by atomic mass is 9.76. The quantitative estimate of drug-likeness (QED) is 0.544. The van der Waals surface area contributed by atoms with Gasteiger partial charge < -0.3 is 9.64 Å². The average molecular weight is 405 g/mol. The number of amides is 1. The van der Waals surface area contributed by atoms with Crippen LogP contribution in [0, 0.1) is 5.92 Å². The van der Waals surface area contributed by atoms with Gasteiger partial charge in [-0.1, -0.05) is 29.3 Å². The van der Waals surface area contributed by atoms with E-state index in [9.17, 15) is 4.79 Å². The number of carbonyl (C=O) groups is 1. The van der Waals surface area contributed by atoms with Crippen molar-refractivity contribution in [1.82, 2.24) is 10.4 Å². The summed E-state index contributed by atoms with van der Waals surface area (Å²) in [6.07, 6.45) is 10.2. The fraction of sp³-hybridized carbons (Fsp3) is 0.500. The molecule has 1 aromatic carbocycles. The predicted octanol–water partition coefficient (Wildman–Crippen LogP) is 5.05. The van der Waals surface area contributed by atoms with Gasteiger partial charge in [-0.05, 0) is 80.2 Å². The van der Waals surface area contributed by atoms with E-state index in [1.165, 1.54) is 22.9 Å². The van der Waals surface area contributed by atoms with E-state index in [2.05, 4.69) is 23.7 Å². The predicted molar refractivity (Wildman–Crippen MR) is 111 cm³/mol. The highest BCUT2D eigenvalue weighted by atomic mass is 35.5. The second-order valence-electron chi connectivity index (χ2n) is 7.49. The fourth-order valence-electron chi connectivity index (χ4n) is 4.44. The van der Waals surface area contributed by atoms with Crippen LogP contribution in [-0.2, 0) is 11.2 Å². The number of halogens is 1. The van der Waals surface area contributed by atoms with Gasteiger partial charge in [0.1, 0.15) is 0 Å². The van der Waals surface area contributed by atoms with Crippen molar-refractivity contribution in [3.63, 3.8) is 0 Å². The fourth-order valence-corrected chi connectivity index (χ4v) is 4.64. The zero-order valence-corrected chi connectivity index (χ0v) is 17.1. The highest BCUT2D eigenvalue weighted by molar-refractivity contribution is 6.30. The van der Waals surface area contributed by atoms with Crippen molar-refractivity contribution in [2.75, 3.05) is 19.7 Å². The maximum atomic E-state index is 12.0. The molecule has 1 atom stereocenters. The first-order chi connectivity index (χ1) is 13.6. The first-order valence-electron chi connectivity index (χ1n) is 10.1. The Morgan fingerprint density at radius 1 is 1.36 bits per heavy atom. The summed E-state index contributed by atoms with van der Waals surface area (Å²) >= 11 is 6.27. The molecule has 1 aromatic rings. The third-order valence-corrected chi connectivity index (χ3v) is 6.07. The van der Waals surface area contributed by atoms with Crippen LogP contribution in [-0.4, -0.2) is 35.9 Å². The van der Waals surface area contributed by atoms with Gasteiger partial charge in [0.25, 0.3) is 0 Å². The number of ether oxygens (including phenoxy) is 1. The van der Waals surface area contributed by atoms with Crippen molar-refractivity contribution in [2.24, 2.45) is 5.92 Å². The molecule has 0 aromatic heterocycles. The first kappa shape index (κ1) is 20.7. The van der Waals surface area contributed by atoms with Gasteiger partial charge in [0.2, 0.25) is 0 Å². The van der Waals surface area contributed by atoms with E-state index in [0.717, 1.165) is 50.2 Å². The average Bonchev–Trinajstić information content (AvgIpc) is 2.88. The van der Waals surface area contributed by atoms with Gasteiger partial charge in [-0.2, -0.15) is 0 Å². The largest absolute Gasteiger partial charge is 0.450 e. The zero-order valence-electron chi connectivity index (χ0n) is 16.4. The summed E-state index contributed by atoms with van der Waals surface area (Å²) in [6.45, 7) is 3.75. The van der Waals surface area contributed by atoms with Gasteiger partial charge in [0.05, 0.1) is 6.61 Å². The Kier molecular flexibility index (Phi) is 7.40. The van der Waals surface area contributed by atoms with E-state index in [-0.39, 0.29) is 6.09 Å². The minimum atomic E-state index is -0.198. The van der Waals surface area contributed by atoms with E-state index in [1.54, 1.807) is 0 Å². The van der Waals surface area contributed by atoms with Gasteiger partial charge in [0.15, 0.2) is 0 Å². The number of hydrogen-bond donors (Lipinski definition) is 2. The Morgan fingerprint density at radius 3 is 2.86 bits per heavy atom. The molecule has 1 unspecified atom stereocenters. The molecule has 1 heterocycles. The third kappa shape index (κ3) is 5.09. The number of benzene rings is 1. The molecule has 1 saturated heterocycles. The molecule has 2 aliphatic rings. The second-order valence-corrected chi connectivity index (χ2v) is 7.93. The highest BCUT2D eigenvalue weighted by Crippen LogP contribution is 2.42. The molecule has 152 valence electrons. The SMILES string of the molecule is CCOC(=O)N1CCC(C2C/C(=C\C=C/NO)CCc3cc(Cl)ccc32)CC1. The van der Waals surface area contributed by atoms with Gasteiger partial charge in [-0.3, -0.25) is 10.7 Å². The molecule has 1 amide bonds. The standard InChI is InChI=1S/C22H29ClN2O3/c1-2-28-22(26)25-12-9-17(10-13-25)21-14-16(4-3-11-24-27)5-6-18-15-19(23)7-8-20(18)21/h3-4,7-8,11,15,17,21,24,27H,2,5-6,9-10,12-14H2,1H3/b11-3-,16-4-. The summed E-state index contributed by atoms with van der Waals surface area (Å²) in [5.74, 6) is 0.938. The maximum Gasteiger partial charge on any atom is 0.409 e. The number of likely N-dealkylation sites (tertiary alicyclic amines) is 1. The van der Waals surface area contributed by atoms with Crippen LogP contribution >= 0.6 is 11.6 Å². The van der Waals surface area contributed by atoms with E-state index in [4.69, 9.17) is 21.5 Å². The molecule has 5 nitrogen and oxygen atoms in total. The molecular formula is C22H29ClN2O3. The number of rotatable bonds is 4. The third-order valence-electron chi connectivity index (χ3n) is 5.84. The Bertz CT molecular complexity index is 739. The number of allylic oxidation sites excluding steroid dienone is 3. The van der Waals surface area contributed by atoms with Crippen molar-refractivity contribution in [2.45, 2.75) is 44.9 Å². The van der Waals surface area contributed by atoms with Crippen LogP contribution in [0.15, 0.2) is 42.1 Å². The molecule has 0 bridgehead atoms. The molecule has 0 radical (unpaired) electrons. The number of carbonyl (C=O) groups excluding carboxylic acids is 1. The molecule has 2 N–H and O–H groups in total. The molecular weight excluding hydrogens is 376 g/mol. The number of hydroxylamine groups is 1. The number of aryl methyl sites for hydroxylation is 1. The smallest absolute Gasteiger partial charge is 0.409 e. The van der Waals surface area contributed by atoms with Crippen LogP contribution in [0.1, 0.15) is 49.7 Å². The van der Waals surface area contributed by atoms with Crippen LogP contribution in [0.5, 0.6) is 0 Å². The van der Waals surface area contributed by atoms with E-state index >= 15 is 0 Å². The van der Waals surface area contributed by atoms with Crippen LogP contribution in [0.4, 0.5) is 4.79 Å². The van der Waals surface area contributed by atoms with Gasteiger partial charge in [-0.15, -0.1) is 0 Å². The normalized spacial score (nSPS) is 22.2. The van der Waals surface area contributed by atoms with Gasteiger partial charge >= 0.3 is 6.09 Å². The molecule has 3 rings (SSSR count). The van der Waals surface area contributed by atoms with Gasteiger partial charge in [0, 0.05) is 24.3 Å². The van der Waals surface area contributed by atoms with Crippen molar-refractivity contribution in [3.05, 3.63) is 58.3 Å². The monoisotopic (exact) mass is 404 g/mol. The summed E-state index contributed by atoms with van der Waals surface area (Å²) in [5, 5.41) is 9.55. The molecule has 0 saturated carbocycles. The summed E-state index contributed by atoms with van der Waals surface area (Å²) in [6, 6.07) is 6.28. The maximum absolute atomic E-state index is 12.0. The molecule has 28 heavy (non-hydrogen) atoms. The lowest BCUT2D eigenvalue weighted by molar-refractivity contribution is 0.0887. The van der Waals surface area contributed by atoms with E-state index in [1.807, 2.05) is 24.0 Å². The molecule has 6 heteroatoms. The van der Waals surface area contributed by atoms with Crippen LogP contribution in [0.25, 0.3) is 0 Å². The first-order valence-corrected chi connectivity index (χ1v) is 10.4. The minimum absolute atomic E-state index is 0.198. The van der Waals surface area contributed by atoms with E-state index < -0.39 is 0 Å². The summed E-state index contributed by atoms with van der Waals surface area (Å²) < 4.78 is 5.15. The zero-order chi connectivity index (χ0) is 19.9. The molecule has 1 aliphatic carbocycles. The highest BCUT2D eigenvalue weighted by Gasteiger charge is 2.32. The Hall–Kier alpha value is -1.98. The lowest BCUT2D eigenvalue weighted by Crippen LogP contribution is -2.40. The van der Waals surface area contributed by atoms with Crippen LogP contribution in [0.3, 0.4) is 0 Å². The second kappa shape index (κ2) is 9.99. The summed E-state index contributed by atoms with van der Waals surface area (Å²) in [7, 11) is 0. The van der Waals surface area contributed by atoms with E-state index in [0.29, 0.717) is 18.4 Å². The van der Waals surface area contributed by atoms with Crippen molar-refractivity contribution in [1.29, 1.82) is 0 Å². The number of hydrogen-bond acceptors (Lipinski definition) is 4. The van der Waals surface area contributed by atoms with Crippen molar-refractivity contribution >= 4 is 17.7 Å². The lowest BCUT2D eigenvalue weighted by Gasteiger charge is -2.36. The topological polar surface area (TPSA) is 61.8 Å². The Balaban J connectivity index is 1.79. The van der Waals surface area contributed by atoms with Crippen LogP contribution in [0.2, 0.25) is 5.02 Å². The summed E-state index contributed by atoms with van der Waals surface area (Å²) in [5.41, 5.74) is 6.15. The number of piperidine rings is 1.